The highest BCUT2D eigenvalue weighted by Crippen LogP contribution is 2.32. The van der Waals surface area contributed by atoms with E-state index in [2.05, 4.69) is 10.1 Å². The fourth-order valence-electron chi connectivity index (χ4n) is 2.68. The molecule has 3 aromatic rings. The predicted molar refractivity (Wildman–Crippen MR) is 92.2 cm³/mol. The Kier molecular flexibility index (Phi) is 3.83. The summed E-state index contributed by atoms with van der Waals surface area (Å²) in [5, 5.41) is 4.18. The lowest BCUT2D eigenvalue weighted by Gasteiger charge is -2.22. The van der Waals surface area contributed by atoms with Crippen molar-refractivity contribution in [2.24, 2.45) is 5.92 Å². The summed E-state index contributed by atoms with van der Waals surface area (Å²) in [6.07, 6.45) is 5.89. The number of nitrogens with zero attached hydrogens (tertiary/aromatic N) is 4. The number of anilines is 1. The van der Waals surface area contributed by atoms with Crippen LogP contribution in [0.4, 0.5) is 5.69 Å². The van der Waals surface area contributed by atoms with Crippen LogP contribution in [0.2, 0.25) is 0 Å². The average Bonchev–Trinajstić information content (AvgIpc) is 3.29. The van der Waals surface area contributed by atoms with Crippen LogP contribution in [0, 0.1) is 5.92 Å². The molecule has 120 valence electrons. The van der Waals surface area contributed by atoms with Gasteiger partial charge in [-0.15, -0.1) is 0 Å². The molecule has 1 amide bonds. The molecule has 0 bridgehead atoms. The van der Waals surface area contributed by atoms with Crippen molar-refractivity contribution >= 4 is 11.6 Å². The molecule has 1 aliphatic carbocycles. The van der Waals surface area contributed by atoms with Crippen LogP contribution in [0.1, 0.15) is 23.3 Å². The van der Waals surface area contributed by atoms with E-state index in [9.17, 15) is 4.79 Å². The third-order valence-corrected chi connectivity index (χ3v) is 4.14. The number of hydrogen-bond donors (Lipinski definition) is 0. The van der Waals surface area contributed by atoms with Crippen molar-refractivity contribution in [2.75, 3.05) is 11.4 Å². The van der Waals surface area contributed by atoms with Crippen LogP contribution >= 0.6 is 0 Å². The van der Waals surface area contributed by atoms with Gasteiger partial charge in [-0.25, -0.2) is 9.67 Å². The first-order valence-electron chi connectivity index (χ1n) is 8.15. The highest BCUT2D eigenvalue weighted by atomic mass is 16.2. The van der Waals surface area contributed by atoms with Gasteiger partial charge in [0.25, 0.3) is 5.91 Å². The molecule has 1 aromatic carbocycles. The molecule has 1 aliphatic rings. The van der Waals surface area contributed by atoms with Crippen molar-refractivity contribution in [1.29, 1.82) is 0 Å². The SMILES string of the molecule is O=C(c1cccc(-n2cccn2)n1)N(CC1CC1)c1ccccc1. The van der Waals surface area contributed by atoms with E-state index < -0.39 is 0 Å². The van der Waals surface area contributed by atoms with Gasteiger partial charge in [-0.1, -0.05) is 24.3 Å². The Balaban J connectivity index is 1.66. The zero-order chi connectivity index (χ0) is 16.4. The third-order valence-electron chi connectivity index (χ3n) is 4.14. The van der Waals surface area contributed by atoms with Crippen LogP contribution in [0.15, 0.2) is 67.0 Å². The van der Waals surface area contributed by atoms with Gasteiger partial charge in [0.05, 0.1) is 0 Å². The molecule has 24 heavy (non-hydrogen) atoms. The largest absolute Gasteiger partial charge is 0.307 e. The Hall–Kier alpha value is -2.95. The van der Waals surface area contributed by atoms with Gasteiger partial charge >= 0.3 is 0 Å². The van der Waals surface area contributed by atoms with Crippen molar-refractivity contribution in [3.05, 3.63) is 72.7 Å². The number of amides is 1. The first kappa shape index (κ1) is 14.6. The highest BCUT2D eigenvalue weighted by Gasteiger charge is 2.28. The molecule has 2 heterocycles. The fourth-order valence-corrected chi connectivity index (χ4v) is 2.68. The molecule has 0 unspecified atom stereocenters. The maximum Gasteiger partial charge on any atom is 0.276 e. The van der Waals surface area contributed by atoms with Gasteiger partial charge in [-0.3, -0.25) is 4.79 Å². The first-order chi connectivity index (χ1) is 11.8. The van der Waals surface area contributed by atoms with E-state index in [0.29, 0.717) is 17.4 Å². The van der Waals surface area contributed by atoms with E-state index in [-0.39, 0.29) is 5.91 Å². The molecule has 0 aliphatic heterocycles. The highest BCUT2D eigenvalue weighted by molar-refractivity contribution is 6.04. The quantitative estimate of drug-likeness (QED) is 0.725. The molecule has 5 nitrogen and oxygen atoms in total. The van der Waals surface area contributed by atoms with Gasteiger partial charge < -0.3 is 4.90 Å². The standard InChI is InChI=1S/C19H18N4O/c24-19(17-8-4-9-18(21-17)23-13-5-12-20-23)22(14-15-10-11-15)16-6-2-1-3-7-16/h1-9,12-13,15H,10-11,14H2. The lowest BCUT2D eigenvalue weighted by atomic mass is 10.2. The molecule has 2 aromatic heterocycles. The van der Waals surface area contributed by atoms with Crippen molar-refractivity contribution in [2.45, 2.75) is 12.8 Å². The lowest BCUT2D eigenvalue weighted by Crippen LogP contribution is -2.33. The molecular weight excluding hydrogens is 300 g/mol. The number of hydrogen-bond acceptors (Lipinski definition) is 3. The summed E-state index contributed by atoms with van der Waals surface area (Å²) in [7, 11) is 0. The van der Waals surface area contributed by atoms with Crippen molar-refractivity contribution in [1.82, 2.24) is 14.8 Å². The molecule has 0 saturated heterocycles. The van der Waals surface area contributed by atoms with Gasteiger partial charge in [0.2, 0.25) is 0 Å². The Labute approximate surface area is 140 Å². The number of carbonyl (C=O) groups excluding carboxylic acids is 1. The number of aromatic nitrogens is 3. The van der Waals surface area contributed by atoms with E-state index in [1.165, 1.54) is 12.8 Å². The normalized spacial score (nSPS) is 13.7. The third kappa shape index (κ3) is 3.06. The summed E-state index contributed by atoms with van der Waals surface area (Å²) >= 11 is 0. The summed E-state index contributed by atoms with van der Waals surface area (Å²) < 4.78 is 1.66. The summed E-state index contributed by atoms with van der Waals surface area (Å²) in [6, 6.07) is 17.1. The maximum atomic E-state index is 13.1. The second-order valence-corrected chi connectivity index (χ2v) is 6.03. The molecule has 1 fully saturated rings. The van der Waals surface area contributed by atoms with Gasteiger partial charge in [0, 0.05) is 24.6 Å². The molecule has 0 N–H and O–H groups in total. The molecule has 4 rings (SSSR count). The monoisotopic (exact) mass is 318 g/mol. The fraction of sp³-hybridized carbons (Fsp3) is 0.211. The van der Waals surface area contributed by atoms with Gasteiger partial charge in [0.15, 0.2) is 5.82 Å². The minimum atomic E-state index is -0.0675. The number of rotatable bonds is 5. The summed E-state index contributed by atoms with van der Waals surface area (Å²) in [4.78, 5) is 19.4. The number of pyridine rings is 1. The van der Waals surface area contributed by atoms with E-state index in [1.807, 2.05) is 59.6 Å². The van der Waals surface area contributed by atoms with Crippen LogP contribution in [-0.4, -0.2) is 27.2 Å². The maximum absolute atomic E-state index is 13.1. The molecule has 0 spiro atoms. The molecule has 0 radical (unpaired) electrons. The number of carbonyl (C=O) groups is 1. The van der Waals surface area contributed by atoms with Crippen LogP contribution in [0.5, 0.6) is 0 Å². The average molecular weight is 318 g/mol. The van der Waals surface area contributed by atoms with Gasteiger partial charge in [0.1, 0.15) is 5.69 Å². The molecule has 0 atom stereocenters. The second kappa shape index (κ2) is 6.28. The molecule has 1 saturated carbocycles. The van der Waals surface area contributed by atoms with E-state index in [0.717, 1.165) is 12.2 Å². The summed E-state index contributed by atoms with van der Waals surface area (Å²) in [6.45, 7) is 0.747. The van der Waals surface area contributed by atoms with Crippen molar-refractivity contribution < 1.29 is 4.79 Å². The minimum Gasteiger partial charge on any atom is -0.307 e. The Morgan fingerprint density at radius 3 is 2.62 bits per heavy atom. The predicted octanol–water partition coefficient (Wildman–Crippen LogP) is 3.32. The Morgan fingerprint density at radius 1 is 1.08 bits per heavy atom. The van der Waals surface area contributed by atoms with Gasteiger partial charge in [-0.2, -0.15) is 5.10 Å². The number of para-hydroxylation sites is 1. The molecule has 5 heteroatoms. The van der Waals surface area contributed by atoms with Crippen LogP contribution < -0.4 is 4.90 Å². The Bertz CT molecular complexity index is 826. The zero-order valence-corrected chi connectivity index (χ0v) is 13.2. The van der Waals surface area contributed by atoms with Crippen molar-refractivity contribution in [3.8, 4) is 5.82 Å². The van der Waals surface area contributed by atoms with Crippen LogP contribution in [0.3, 0.4) is 0 Å². The second-order valence-electron chi connectivity index (χ2n) is 6.03. The smallest absolute Gasteiger partial charge is 0.276 e. The summed E-state index contributed by atoms with van der Waals surface area (Å²) in [5.74, 6) is 1.18. The van der Waals surface area contributed by atoms with Gasteiger partial charge in [-0.05, 0) is 49.1 Å². The zero-order valence-electron chi connectivity index (χ0n) is 13.2. The molecular formula is C19H18N4O. The minimum absolute atomic E-state index is 0.0675. The van der Waals surface area contributed by atoms with E-state index in [1.54, 1.807) is 16.9 Å². The van der Waals surface area contributed by atoms with E-state index in [4.69, 9.17) is 0 Å². The summed E-state index contributed by atoms with van der Waals surface area (Å²) in [5.41, 5.74) is 1.35. The number of benzene rings is 1. The van der Waals surface area contributed by atoms with Crippen molar-refractivity contribution in [3.63, 3.8) is 0 Å². The van der Waals surface area contributed by atoms with Crippen LogP contribution in [0.25, 0.3) is 5.82 Å². The topological polar surface area (TPSA) is 51.0 Å². The first-order valence-corrected chi connectivity index (χ1v) is 8.15. The lowest BCUT2D eigenvalue weighted by molar-refractivity contribution is 0.0981. The van der Waals surface area contributed by atoms with E-state index >= 15 is 0 Å². The Morgan fingerprint density at radius 2 is 1.92 bits per heavy atom. The van der Waals surface area contributed by atoms with Crippen LogP contribution in [-0.2, 0) is 0 Å².